The van der Waals surface area contributed by atoms with Crippen LogP contribution in [0.15, 0.2) is 41.1 Å². The molecule has 0 radical (unpaired) electrons. The summed E-state index contributed by atoms with van der Waals surface area (Å²) in [5.41, 5.74) is 2.37. The molecule has 0 aliphatic heterocycles. The second-order valence-electron chi connectivity index (χ2n) is 3.73. The van der Waals surface area contributed by atoms with Crippen LogP contribution in [0.25, 0.3) is 0 Å². The number of aromatic nitrogens is 2. The van der Waals surface area contributed by atoms with E-state index in [1.807, 2.05) is 12.1 Å². The Hall–Kier alpha value is -1.42. The van der Waals surface area contributed by atoms with Crippen molar-refractivity contribution in [2.45, 2.75) is 13.8 Å². The molecule has 0 spiro atoms. The molecule has 1 aromatic carbocycles. The van der Waals surface area contributed by atoms with Crippen LogP contribution in [0, 0.1) is 6.92 Å². The summed E-state index contributed by atoms with van der Waals surface area (Å²) in [6.45, 7) is 5.03. The number of para-hydroxylation sites is 1. The maximum Gasteiger partial charge on any atom is 0.229 e. The first kappa shape index (κ1) is 12.0. The molecule has 0 aliphatic rings. The summed E-state index contributed by atoms with van der Waals surface area (Å²) in [6, 6.07) is 8.25. The minimum atomic E-state index is 0.727. The van der Waals surface area contributed by atoms with Crippen LogP contribution >= 0.6 is 15.9 Å². The van der Waals surface area contributed by atoms with Crippen LogP contribution in [0.3, 0.4) is 0 Å². The van der Waals surface area contributed by atoms with E-state index < -0.39 is 0 Å². The van der Waals surface area contributed by atoms with E-state index in [-0.39, 0.29) is 0 Å². The predicted octanol–water partition coefficient (Wildman–Crippen LogP) is 3.71. The van der Waals surface area contributed by atoms with Crippen LogP contribution < -0.4 is 4.90 Å². The van der Waals surface area contributed by atoms with E-state index in [4.69, 9.17) is 0 Å². The third-order valence-corrected chi connectivity index (χ3v) is 2.98. The van der Waals surface area contributed by atoms with E-state index >= 15 is 0 Å². The Morgan fingerprint density at radius 1 is 1.18 bits per heavy atom. The predicted molar refractivity (Wildman–Crippen MR) is 73.6 cm³/mol. The molecule has 0 aliphatic carbocycles. The SMILES string of the molecule is CCN(c1ncc(Br)cn1)c1ccccc1C. The molecule has 1 aromatic heterocycles. The highest BCUT2D eigenvalue weighted by molar-refractivity contribution is 9.10. The van der Waals surface area contributed by atoms with Gasteiger partial charge in [-0.15, -0.1) is 0 Å². The summed E-state index contributed by atoms with van der Waals surface area (Å²) in [7, 11) is 0. The van der Waals surface area contributed by atoms with Crippen LogP contribution in [0.4, 0.5) is 11.6 Å². The van der Waals surface area contributed by atoms with Gasteiger partial charge in [0.1, 0.15) is 0 Å². The Morgan fingerprint density at radius 2 is 1.82 bits per heavy atom. The Labute approximate surface area is 110 Å². The van der Waals surface area contributed by atoms with Gasteiger partial charge in [-0.2, -0.15) is 0 Å². The van der Waals surface area contributed by atoms with Gasteiger partial charge in [-0.1, -0.05) is 18.2 Å². The fourth-order valence-electron chi connectivity index (χ4n) is 1.73. The molecule has 2 aromatic rings. The van der Waals surface area contributed by atoms with Crippen molar-refractivity contribution >= 4 is 27.6 Å². The lowest BCUT2D eigenvalue weighted by Crippen LogP contribution is -2.19. The normalized spacial score (nSPS) is 10.3. The van der Waals surface area contributed by atoms with Crippen molar-refractivity contribution in [2.24, 2.45) is 0 Å². The lowest BCUT2D eigenvalue weighted by Gasteiger charge is -2.22. The summed E-state index contributed by atoms with van der Waals surface area (Å²) < 4.78 is 0.891. The van der Waals surface area contributed by atoms with Gasteiger partial charge in [0.2, 0.25) is 5.95 Å². The molecule has 17 heavy (non-hydrogen) atoms. The van der Waals surface area contributed by atoms with Crippen molar-refractivity contribution in [1.82, 2.24) is 9.97 Å². The zero-order chi connectivity index (χ0) is 12.3. The maximum absolute atomic E-state index is 4.33. The van der Waals surface area contributed by atoms with Gasteiger partial charge in [0, 0.05) is 24.6 Å². The molecule has 2 rings (SSSR count). The number of aryl methyl sites for hydroxylation is 1. The molecule has 3 nitrogen and oxygen atoms in total. The van der Waals surface area contributed by atoms with Gasteiger partial charge in [-0.3, -0.25) is 0 Å². The zero-order valence-electron chi connectivity index (χ0n) is 9.89. The van der Waals surface area contributed by atoms with E-state index in [0.717, 1.165) is 22.7 Å². The average molecular weight is 292 g/mol. The minimum Gasteiger partial charge on any atom is -0.311 e. The molecular formula is C13H14BrN3. The Balaban J connectivity index is 2.40. The first-order valence-electron chi connectivity index (χ1n) is 5.53. The summed E-state index contributed by atoms with van der Waals surface area (Å²) in [6.07, 6.45) is 3.53. The van der Waals surface area contributed by atoms with Crippen LogP contribution in [0.2, 0.25) is 0 Å². The molecular weight excluding hydrogens is 278 g/mol. The summed E-state index contributed by atoms with van der Waals surface area (Å²) in [5, 5.41) is 0. The number of benzene rings is 1. The Morgan fingerprint density at radius 3 is 2.41 bits per heavy atom. The van der Waals surface area contributed by atoms with Crippen LogP contribution in [-0.4, -0.2) is 16.5 Å². The number of hydrogen-bond donors (Lipinski definition) is 0. The number of nitrogens with zero attached hydrogens (tertiary/aromatic N) is 3. The third kappa shape index (κ3) is 2.64. The fourth-order valence-corrected chi connectivity index (χ4v) is 1.94. The van der Waals surface area contributed by atoms with Gasteiger partial charge >= 0.3 is 0 Å². The van der Waals surface area contributed by atoms with Gasteiger partial charge in [0.25, 0.3) is 0 Å². The van der Waals surface area contributed by atoms with Crippen LogP contribution in [-0.2, 0) is 0 Å². The Kier molecular flexibility index (Phi) is 3.74. The van der Waals surface area contributed by atoms with Crippen molar-refractivity contribution in [1.29, 1.82) is 0 Å². The lowest BCUT2D eigenvalue weighted by molar-refractivity contribution is 0.938. The van der Waals surface area contributed by atoms with Crippen LogP contribution in [0.5, 0.6) is 0 Å². The maximum atomic E-state index is 4.33. The van der Waals surface area contributed by atoms with Crippen molar-refractivity contribution in [2.75, 3.05) is 11.4 Å². The topological polar surface area (TPSA) is 29.0 Å². The quantitative estimate of drug-likeness (QED) is 0.863. The van der Waals surface area contributed by atoms with E-state index in [2.05, 4.69) is 56.8 Å². The van der Waals surface area contributed by atoms with Gasteiger partial charge < -0.3 is 4.90 Å². The summed E-state index contributed by atoms with van der Waals surface area (Å²) >= 11 is 3.34. The zero-order valence-corrected chi connectivity index (χ0v) is 11.5. The van der Waals surface area contributed by atoms with Crippen molar-refractivity contribution in [3.8, 4) is 0 Å². The molecule has 0 saturated heterocycles. The average Bonchev–Trinajstić information content (AvgIpc) is 2.35. The standard InChI is InChI=1S/C13H14BrN3/c1-3-17(12-7-5-4-6-10(12)2)13-15-8-11(14)9-16-13/h4-9H,3H2,1-2H3. The third-order valence-electron chi connectivity index (χ3n) is 2.57. The number of halogens is 1. The molecule has 0 amide bonds. The van der Waals surface area contributed by atoms with E-state index in [0.29, 0.717) is 0 Å². The molecule has 0 saturated carbocycles. The first-order valence-corrected chi connectivity index (χ1v) is 6.32. The monoisotopic (exact) mass is 291 g/mol. The van der Waals surface area contributed by atoms with Gasteiger partial charge in [-0.25, -0.2) is 9.97 Å². The molecule has 0 atom stereocenters. The second kappa shape index (κ2) is 5.27. The molecule has 0 bridgehead atoms. The molecule has 0 unspecified atom stereocenters. The van der Waals surface area contributed by atoms with E-state index in [1.54, 1.807) is 12.4 Å². The van der Waals surface area contributed by atoms with Crippen molar-refractivity contribution < 1.29 is 0 Å². The highest BCUT2D eigenvalue weighted by Crippen LogP contribution is 2.25. The number of hydrogen-bond acceptors (Lipinski definition) is 3. The van der Waals surface area contributed by atoms with Gasteiger partial charge in [-0.05, 0) is 41.4 Å². The molecule has 4 heteroatoms. The molecule has 88 valence electrons. The van der Waals surface area contributed by atoms with E-state index in [1.165, 1.54) is 5.56 Å². The number of anilines is 2. The van der Waals surface area contributed by atoms with Crippen molar-refractivity contribution in [3.05, 3.63) is 46.7 Å². The van der Waals surface area contributed by atoms with Gasteiger partial charge in [0.05, 0.1) is 4.47 Å². The highest BCUT2D eigenvalue weighted by Gasteiger charge is 2.11. The highest BCUT2D eigenvalue weighted by atomic mass is 79.9. The smallest absolute Gasteiger partial charge is 0.229 e. The molecule has 0 N–H and O–H groups in total. The molecule has 1 heterocycles. The number of rotatable bonds is 3. The van der Waals surface area contributed by atoms with Crippen LogP contribution in [0.1, 0.15) is 12.5 Å². The van der Waals surface area contributed by atoms with E-state index in [9.17, 15) is 0 Å². The summed E-state index contributed by atoms with van der Waals surface area (Å²) in [5.74, 6) is 0.727. The lowest BCUT2D eigenvalue weighted by atomic mass is 10.2. The molecule has 0 fully saturated rings. The van der Waals surface area contributed by atoms with Crippen molar-refractivity contribution in [3.63, 3.8) is 0 Å². The minimum absolute atomic E-state index is 0.727. The van der Waals surface area contributed by atoms with Gasteiger partial charge in [0.15, 0.2) is 0 Å². The first-order chi connectivity index (χ1) is 8.22. The fraction of sp³-hybridized carbons (Fsp3) is 0.231. The summed E-state index contributed by atoms with van der Waals surface area (Å²) in [4.78, 5) is 10.8. The second-order valence-corrected chi connectivity index (χ2v) is 4.65. The largest absolute Gasteiger partial charge is 0.311 e. The Bertz CT molecular complexity index is 496.